The number of aromatic nitrogens is 2. The molecule has 94 valence electrons. The average Bonchev–Trinajstić information content (AvgIpc) is 2.39. The van der Waals surface area contributed by atoms with Gasteiger partial charge in [0.15, 0.2) is 0 Å². The topological polar surface area (TPSA) is 49.8 Å². The lowest BCUT2D eigenvalue weighted by atomic mass is 10.1. The van der Waals surface area contributed by atoms with E-state index in [0.29, 0.717) is 0 Å². The largest absolute Gasteiger partial charge is 0.373 e. The van der Waals surface area contributed by atoms with Gasteiger partial charge in [-0.3, -0.25) is 0 Å². The van der Waals surface area contributed by atoms with Crippen molar-refractivity contribution in [3.63, 3.8) is 0 Å². The molecule has 0 saturated carbocycles. The van der Waals surface area contributed by atoms with Crippen LogP contribution < -0.4 is 10.6 Å². The van der Waals surface area contributed by atoms with E-state index in [4.69, 9.17) is 0 Å². The van der Waals surface area contributed by atoms with Gasteiger partial charge in [-0.25, -0.2) is 9.97 Å². The zero-order valence-corrected chi connectivity index (χ0v) is 11.9. The van der Waals surface area contributed by atoms with Crippen molar-refractivity contribution in [1.82, 2.24) is 9.97 Å². The van der Waals surface area contributed by atoms with Gasteiger partial charge in [0, 0.05) is 23.6 Å². The second-order valence-electron chi connectivity index (χ2n) is 3.96. The molecule has 4 nitrogen and oxygen atoms in total. The number of hydrogen-bond donors (Lipinski definition) is 2. The van der Waals surface area contributed by atoms with E-state index >= 15 is 0 Å². The summed E-state index contributed by atoms with van der Waals surface area (Å²) in [6.07, 6.45) is 1.54. The Hall–Kier alpha value is -1.62. The first-order valence-corrected chi connectivity index (χ1v) is 6.50. The molecule has 0 spiro atoms. The van der Waals surface area contributed by atoms with Crippen LogP contribution in [-0.4, -0.2) is 17.0 Å². The molecule has 0 amide bonds. The van der Waals surface area contributed by atoms with Crippen molar-refractivity contribution in [2.45, 2.75) is 13.0 Å². The Bertz CT molecular complexity index is 530. The summed E-state index contributed by atoms with van der Waals surface area (Å²) in [5.74, 6) is 1.61. The molecule has 0 fully saturated rings. The summed E-state index contributed by atoms with van der Waals surface area (Å²) >= 11 is 3.48. The van der Waals surface area contributed by atoms with Crippen LogP contribution in [0, 0.1) is 0 Å². The minimum atomic E-state index is 0.183. The molecule has 1 aromatic heterocycles. The van der Waals surface area contributed by atoms with Gasteiger partial charge in [-0.15, -0.1) is 0 Å². The highest BCUT2D eigenvalue weighted by atomic mass is 79.9. The Morgan fingerprint density at radius 1 is 1.17 bits per heavy atom. The van der Waals surface area contributed by atoms with E-state index in [-0.39, 0.29) is 6.04 Å². The number of nitrogens with zero attached hydrogens (tertiary/aromatic N) is 2. The van der Waals surface area contributed by atoms with Gasteiger partial charge in [-0.05, 0) is 24.6 Å². The number of benzene rings is 1. The molecule has 1 heterocycles. The zero-order chi connectivity index (χ0) is 13.0. The Balaban J connectivity index is 2.13. The third-order valence-electron chi connectivity index (χ3n) is 2.64. The minimum Gasteiger partial charge on any atom is -0.373 e. The Morgan fingerprint density at radius 2 is 1.94 bits per heavy atom. The maximum Gasteiger partial charge on any atom is 0.131 e. The maximum atomic E-state index is 4.20. The molecule has 2 N–H and O–H groups in total. The van der Waals surface area contributed by atoms with E-state index in [9.17, 15) is 0 Å². The quantitative estimate of drug-likeness (QED) is 0.908. The molecular formula is C13H15BrN4. The lowest BCUT2D eigenvalue weighted by molar-refractivity contribution is 0.871. The first kappa shape index (κ1) is 12.8. The van der Waals surface area contributed by atoms with Gasteiger partial charge in [0.1, 0.15) is 18.0 Å². The van der Waals surface area contributed by atoms with Crippen LogP contribution in [-0.2, 0) is 0 Å². The van der Waals surface area contributed by atoms with E-state index in [1.165, 1.54) is 5.56 Å². The summed E-state index contributed by atoms with van der Waals surface area (Å²) < 4.78 is 1.08. The number of hydrogen-bond acceptors (Lipinski definition) is 4. The lowest BCUT2D eigenvalue weighted by Crippen LogP contribution is -2.08. The molecule has 0 aliphatic rings. The van der Waals surface area contributed by atoms with Gasteiger partial charge in [-0.1, -0.05) is 28.1 Å². The molecule has 1 aromatic carbocycles. The highest BCUT2D eigenvalue weighted by Gasteiger charge is 2.06. The second-order valence-corrected chi connectivity index (χ2v) is 4.88. The van der Waals surface area contributed by atoms with Crippen molar-refractivity contribution >= 4 is 27.6 Å². The third kappa shape index (κ3) is 3.20. The zero-order valence-electron chi connectivity index (χ0n) is 10.3. The van der Waals surface area contributed by atoms with E-state index < -0.39 is 0 Å². The molecule has 1 unspecified atom stereocenters. The molecule has 1 atom stereocenters. The predicted octanol–water partition coefficient (Wildman–Crippen LogP) is 3.45. The highest BCUT2D eigenvalue weighted by Crippen LogP contribution is 2.21. The molecule has 18 heavy (non-hydrogen) atoms. The molecular weight excluding hydrogens is 292 g/mol. The third-order valence-corrected chi connectivity index (χ3v) is 3.13. The number of halogens is 1. The number of anilines is 2. The van der Waals surface area contributed by atoms with E-state index in [2.05, 4.69) is 55.6 Å². The normalized spacial score (nSPS) is 11.9. The van der Waals surface area contributed by atoms with E-state index in [0.717, 1.165) is 16.1 Å². The lowest BCUT2D eigenvalue weighted by Gasteiger charge is -2.15. The van der Waals surface area contributed by atoms with Crippen LogP contribution in [0.4, 0.5) is 11.6 Å². The average molecular weight is 307 g/mol. The van der Waals surface area contributed by atoms with E-state index in [1.54, 1.807) is 6.33 Å². The van der Waals surface area contributed by atoms with Crippen LogP contribution in [0.5, 0.6) is 0 Å². The van der Waals surface area contributed by atoms with E-state index in [1.807, 2.05) is 25.2 Å². The van der Waals surface area contributed by atoms with Crippen molar-refractivity contribution in [1.29, 1.82) is 0 Å². The summed E-state index contributed by atoms with van der Waals surface area (Å²) in [5, 5.41) is 6.34. The minimum absolute atomic E-state index is 0.183. The fourth-order valence-electron chi connectivity index (χ4n) is 1.65. The molecule has 0 saturated heterocycles. The fraction of sp³-hybridized carbons (Fsp3) is 0.231. The highest BCUT2D eigenvalue weighted by molar-refractivity contribution is 9.10. The van der Waals surface area contributed by atoms with Crippen LogP contribution in [0.25, 0.3) is 0 Å². The summed E-state index contributed by atoms with van der Waals surface area (Å²) in [4.78, 5) is 8.28. The second kappa shape index (κ2) is 5.82. The Labute approximate surface area is 115 Å². The van der Waals surface area contributed by atoms with Gasteiger partial charge in [0.05, 0.1) is 0 Å². The molecule has 2 aromatic rings. The fourth-order valence-corrected chi connectivity index (χ4v) is 2.07. The van der Waals surface area contributed by atoms with Crippen LogP contribution in [0.1, 0.15) is 18.5 Å². The Morgan fingerprint density at radius 3 is 2.67 bits per heavy atom. The van der Waals surface area contributed by atoms with Gasteiger partial charge in [0.2, 0.25) is 0 Å². The van der Waals surface area contributed by atoms with Crippen molar-refractivity contribution in [3.8, 4) is 0 Å². The maximum absolute atomic E-state index is 4.20. The number of rotatable bonds is 4. The first-order chi connectivity index (χ1) is 8.69. The van der Waals surface area contributed by atoms with Crippen LogP contribution in [0.15, 0.2) is 41.1 Å². The molecule has 0 aliphatic heterocycles. The van der Waals surface area contributed by atoms with Gasteiger partial charge in [-0.2, -0.15) is 0 Å². The predicted molar refractivity (Wildman–Crippen MR) is 77.8 cm³/mol. The standard InChI is InChI=1S/C13H15BrN4/c1-9(10-4-3-5-11(14)6-10)18-13-7-12(15-2)16-8-17-13/h3-9H,1-2H3,(H2,15,16,17,18). The SMILES string of the molecule is CNc1cc(NC(C)c2cccc(Br)c2)ncn1. The molecule has 2 rings (SSSR count). The summed E-state index contributed by atoms with van der Waals surface area (Å²) in [6, 6.07) is 10.3. The number of nitrogens with one attached hydrogen (secondary N) is 2. The molecule has 0 bridgehead atoms. The summed E-state index contributed by atoms with van der Waals surface area (Å²) in [7, 11) is 1.84. The summed E-state index contributed by atoms with van der Waals surface area (Å²) in [6.45, 7) is 2.10. The van der Waals surface area contributed by atoms with Crippen molar-refractivity contribution in [3.05, 3.63) is 46.7 Å². The first-order valence-electron chi connectivity index (χ1n) is 5.71. The van der Waals surface area contributed by atoms with Gasteiger partial charge < -0.3 is 10.6 Å². The molecule has 0 radical (unpaired) electrons. The monoisotopic (exact) mass is 306 g/mol. The van der Waals surface area contributed by atoms with Gasteiger partial charge in [0.25, 0.3) is 0 Å². The van der Waals surface area contributed by atoms with Crippen LogP contribution in [0.2, 0.25) is 0 Å². The van der Waals surface area contributed by atoms with Crippen molar-refractivity contribution < 1.29 is 0 Å². The van der Waals surface area contributed by atoms with Crippen molar-refractivity contribution in [2.24, 2.45) is 0 Å². The van der Waals surface area contributed by atoms with Crippen LogP contribution >= 0.6 is 15.9 Å². The van der Waals surface area contributed by atoms with Gasteiger partial charge >= 0.3 is 0 Å². The molecule has 5 heteroatoms. The summed E-state index contributed by atoms with van der Waals surface area (Å²) in [5.41, 5.74) is 1.20. The van der Waals surface area contributed by atoms with Crippen molar-refractivity contribution in [2.75, 3.05) is 17.7 Å². The molecule has 0 aliphatic carbocycles. The van der Waals surface area contributed by atoms with Crippen LogP contribution in [0.3, 0.4) is 0 Å². The Kier molecular flexibility index (Phi) is 4.15. The smallest absolute Gasteiger partial charge is 0.131 e.